The van der Waals surface area contributed by atoms with E-state index >= 15 is 0 Å². The predicted molar refractivity (Wildman–Crippen MR) is 207 cm³/mol. The second kappa shape index (κ2) is 20.7. The highest BCUT2D eigenvalue weighted by Gasteiger charge is 2.11. The Labute approximate surface area is 304 Å². The van der Waals surface area contributed by atoms with Crippen LogP contribution in [0.4, 0.5) is 5.69 Å². The number of nitrogens with zero attached hydrogens (tertiary/aromatic N) is 3. The number of carbonyl (C=O) groups excluding carboxylic acids is 1. The van der Waals surface area contributed by atoms with Crippen LogP contribution in [0.2, 0.25) is 0 Å². The molecule has 6 nitrogen and oxygen atoms in total. The number of nitriles is 1. The third-order valence-corrected chi connectivity index (χ3v) is 8.59. The maximum Gasteiger partial charge on any atom is 0.336 e. The number of rotatable bonds is 17. The molecule has 0 saturated heterocycles. The summed E-state index contributed by atoms with van der Waals surface area (Å²) in [7, 11) is 2.15. The number of aryl methyl sites for hydroxylation is 1. The molecule has 0 atom stereocenters. The van der Waals surface area contributed by atoms with Gasteiger partial charge in [0, 0.05) is 30.4 Å². The molecule has 0 amide bonds. The lowest BCUT2D eigenvalue weighted by Crippen LogP contribution is -2.19. The van der Waals surface area contributed by atoms with E-state index in [1.54, 1.807) is 6.08 Å². The third-order valence-electron chi connectivity index (χ3n) is 8.59. The van der Waals surface area contributed by atoms with E-state index in [4.69, 9.17) is 21.3 Å². The Balaban J connectivity index is 1.14. The number of anilines is 1. The van der Waals surface area contributed by atoms with Crippen LogP contribution < -0.4 is 9.64 Å². The summed E-state index contributed by atoms with van der Waals surface area (Å²) in [5, 5.41) is 8.97. The molecule has 4 aromatic rings. The molecule has 0 aliphatic carbocycles. The van der Waals surface area contributed by atoms with Crippen LogP contribution in [0.5, 0.6) is 5.75 Å². The first-order valence-electron chi connectivity index (χ1n) is 17.8. The topological polar surface area (TPSA) is 66.9 Å². The summed E-state index contributed by atoms with van der Waals surface area (Å²) < 4.78 is 11.3. The Hall–Kier alpha value is -5.77. The Bertz CT molecular complexity index is 1880. The lowest BCUT2D eigenvalue weighted by atomic mass is 10.0. The van der Waals surface area contributed by atoms with Gasteiger partial charge in [-0.2, -0.15) is 5.26 Å². The molecule has 0 aliphatic rings. The molecule has 4 aromatic carbocycles. The van der Waals surface area contributed by atoms with Crippen LogP contribution >= 0.6 is 0 Å². The normalized spacial score (nSPS) is 10.7. The molecule has 0 heterocycles. The maximum atomic E-state index is 12.5. The van der Waals surface area contributed by atoms with Crippen molar-refractivity contribution in [3.8, 4) is 34.8 Å². The predicted octanol–water partition coefficient (Wildman–Crippen LogP) is 10.4. The second-order valence-corrected chi connectivity index (χ2v) is 12.6. The molecule has 0 unspecified atom stereocenters. The van der Waals surface area contributed by atoms with E-state index in [2.05, 4.69) is 66.7 Å². The Morgan fingerprint density at radius 3 is 2.04 bits per heavy atom. The summed E-state index contributed by atoms with van der Waals surface area (Å²) >= 11 is 0. The number of hydrogen-bond donors (Lipinski definition) is 0. The number of hydrogen-bond acceptors (Lipinski definition) is 5. The molecule has 51 heavy (non-hydrogen) atoms. The summed E-state index contributed by atoms with van der Waals surface area (Å²) in [6.45, 7) is 13.8. The summed E-state index contributed by atoms with van der Waals surface area (Å²) in [5.41, 5.74) is 7.75. The fraction of sp³-hybridized carbons (Fsp3) is 0.311. The first-order valence-corrected chi connectivity index (χ1v) is 17.8. The molecule has 0 radical (unpaired) electrons. The quantitative estimate of drug-likeness (QED) is 0.0366. The van der Waals surface area contributed by atoms with E-state index in [1.165, 1.54) is 36.9 Å². The van der Waals surface area contributed by atoms with Gasteiger partial charge in [0.2, 0.25) is 0 Å². The number of carbonyl (C=O) groups is 1. The Kier molecular flexibility index (Phi) is 15.4. The van der Waals surface area contributed by atoms with Gasteiger partial charge >= 0.3 is 5.97 Å². The van der Waals surface area contributed by atoms with E-state index in [0.29, 0.717) is 12.2 Å². The van der Waals surface area contributed by atoms with Crippen molar-refractivity contribution in [2.24, 2.45) is 0 Å². The Morgan fingerprint density at radius 2 is 1.39 bits per heavy atom. The number of ether oxygens (including phenoxy) is 2. The average Bonchev–Trinajstić information content (AvgIpc) is 3.16. The number of benzene rings is 4. The molecule has 0 N–H and O–H groups in total. The van der Waals surface area contributed by atoms with Gasteiger partial charge in [-0.15, -0.1) is 0 Å². The molecule has 6 heteroatoms. The fourth-order valence-electron chi connectivity index (χ4n) is 5.63. The molecule has 0 spiro atoms. The van der Waals surface area contributed by atoms with Crippen molar-refractivity contribution in [1.82, 2.24) is 0 Å². The zero-order chi connectivity index (χ0) is 36.3. The van der Waals surface area contributed by atoms with Crippen LogP contribution in [-0.2, 0) is 9.53 Å². The van der Waals surface area contributed by atoms with Gasteiger partial charge < -0.3 is 14.4 Å². The summed E-state index contributed by atoms with van der Waals surface area (Å²) in [4.78, 5) is 18.3. The Morgan fingerprint density at radius 1 is 0.784 bits per heavy atom. The monoisotopic (exact) mass is 677 g/mol. The van der Waals surface area contributed by atoms with E-state index < -0.39 is 5.97 Å². The van der Waals surface area contributed by atoms with E-state index in [9.17, 15) is 4.79 Å². The zero-order valence-corrected chi connectivity index (χ0v) is 30.1. The summed E-state index contributed by atoms with van der Waals surface area (Å²) in [5.74, 6) is 6.69. The smallest absolute Gasteiger partial charge is 0.336 e. The van der Waals surface area contributed by atoms with Crippen molar-refractivity contribution in [2.45, 2.75) is 65.2 Å². The van der Waals surface area contributed by atoms with Crippen LogP contribution in [-0.4, -0.2) is 32.8 Å². The van der Waals surface area contributed by atoms with E-state index in [1.807, 2.05) is 72.8 Å². The highest BCUT2D eigenvalue weighted by Crippen LogP contribution is 2.24. The van der Waals surface area contributed by atoms with Crippen LogP contribution in [0, 0.1) is 36.7 Å². The number of esters is 1. The first kappa shape index (κ1) is 38.0. The van der Waals surface area contributed by atoms with Gasteiger partial charge in [-0.3, -0.25) is 4.79 Å². The van der Waals surface area contributed by atoms with Crippen molar-refractivity contribution in [3.05, 3.63) is 136 Å². The molecule has 0 aliphatic heterocycles. The lowest BCUT2D eigenvalue weighted by Gasteiger charge is -2.21. The average molecular weight is 678 g/mol. The highest BCUT2D eigenvalue weighted by atomic mass is 16.5. The van der Waals surface area contributed by atoms with Crippen LogP contribution in [0.15, 0.2) is 96.7 Å². The third kappa shape index (κ3) is 12.6. The van der Waals surface area contributed by atoms with Crippen molar-refractivity contribution in [3.63, 3.8) is 0 Å². The summed E-state index contributed by atoms with van der Waals surface area (Å²) in [6.07, 6.45) is 10.0. The van der Waals surface area contributed by atoms with Crippen molar-refractivity contribution in [1.29, 1.82) is 5.26 Å². The van der Waals surface area contributed by atoms with Crippen LogP contribution in [0.3, 0.4) is 0 Å². The SMILES string of the molecule is [C-]#[N+]C(=Cc1ccc(C#Cc2ccc(N(C)CCCCCC)c(C)c2)cc1)C(=O)OCCCCCCOc1ccc(-c2ccc(C#N)cc2)cc1. The second-order valence-electron chi connectivity index (χ2n) is 12.6. The van der Waals surface area contributed by atoms with E-state index in [-0.39, 0.29) is 12.3 Å². The zero-order valence-electron chi connectivity index (χ0n) is 30.1. The van der Waals surface area contributed by atoms with Crippen LogP contribution in [0.1, 0.15) is 86.1 Å². The van der Waals surface area contributed by atoms with Crippen LogP contribution in [0.25, 0.3) is 22.0 Å². The van der Waals surface area contributed by atoms with Gasteiger partial charge in [0.1, 0.15) is 5.75 Å². The summed E-state index contributed by atoms with van der Waals surface area (Å²) in [6, 6.07) is 31.4. The van der Waals surface area contributed by atoms with Gasteiger partial charge in [-0.25, -0.2) is 4.85 Å². The van der Waals surface area contributed by atoms with Gasteiger partial charge in [0.05, 0.1) is 31.4 Å². The minimum absolute atomic E-state index is 0.0432. The standard InChI is InChI=1S/C45H47N3O3/c1-5-6-7-10-29-48(4)44-28-21-37(32-35(44)2)16-13-36-14-17-38(18-15-36)33-43(47-3)45(49)51-31-12-9-8-11-30-50-42-26-24-41(25-27-42)40-22-19-39(34-46)20-23-40/h14-15,17-28,32-33H,5-12,29-31H2,1-2,4H3. The molecule has 260 valence electrons. The fourth-order valence-corrected chi connectivity index (χ4v) is 5.63. The lowest BCUT2D eigenvalue weighted by molar-refractivity contribution is -0.138. The molecule has 0 aromatic heterocycles. The largest absolute Gasteiger partial charge is 0.494 e. The molecule has 0 bridgehead atoms. The van der Waals surface area contributed by atoms with Gasteiger partial charge in [-0.05, 0) is 122 Å². The van der Waals surface area contributed by atoms with Gasteiger partial charge in [0.15, 0.2) is 0 Å². The molecule has 0 saturated carbocycles. The van der Waals surface area contributed by atoms with Crippen molar-refractivity contribution < 1.29 is 14.3 Å². The van der Waals surface area contributed by atoms with Crippen molar-refractivity contribution in [2.75, 3.05) is 31.7 Å². The van der Waals surface area contributed by atoms with Gasteiger partial charge in [-0.1, -0.05) is 74.4 Å². The minimum atomic E-state index is -0.605. The molecule has 0 fully saturated rings. The molecular formula is C45H47N3O3. The minimum Gasteiger partial charge on any atom is -0.494 e. The number of unbranched alkanes of at least 4 members (excludes halogenated alkanes) is 6. The van der Waals surface area contributed by atoms with E-state index in [0.717, 1.165) is 65.8 Å². The molecule has 4 rings (SSSR count). The van der Waals surface area contributed by atoms with Crippen molar-refractivity contribution >= 4 is 17.7 Å². The molecular weight excluding hydrogens is 631 g/mol. The van der Waals surface area contributed by atoms with Gasteiger partial charge in [0.25, 0.3) is 5.70 Å². The maximum absolute atomic E-state index is 12.5. The highest BCUT2D eigenvalue weighted by molar-refractivity contribution is 5.95. The first-order chi connectivity index (χ1) is 24.9.